The molecule has 0 bridgehead atoms. The molecule has 124 valence electrons. The van der Waals surface area contributed by atoms with Crippen LogP contribution < -0.4 is 0 Å². The van der Waals surface area contributed by atoms with Crippen LogP contribution in [0.2, 0.25) is 0 Å². The van der Waals surface area contributed by atoms with Crippen LogP contribution >= 0.6 is 0 Å². The maximum absolute atomic E-state index is 13.3. The molecule has 0 radical (unpaired) electrons. The van der Waals surface area contributed by atoms with Crippen molar-refractivity contribution in [2.75, 3.05) is 0 Å². The van der Waals surface area contributed by atoms with E-state index in [1.54, 1.807) is 0 Å². The number of hydrogen-bond donors (Lipinski definition) is 1. The summed E-state index contributed by atoms with van der Waals surface area (Å²) in [7, 11) is 0. The van der Waals surface area contributed by atoms with Gasteiger partial charge in [0.25, 0.3) is 0 Å². The first-order valence-electron chi connectivity index (χ1n) is 5.85. The molecule has 0 saturated heterocycles. The highest BCUT2D eigenvalue weighted by atomic mass is 19.4. The van der Waals surface area contributed by atoms with E-state index in [9.17, 15) is 32.5 Å². The van der Waals surface area contributed by atoms with E-state index in [0.29, 0.717) is 6.07 Å². The van der Waals surface area contributed by atoms with Crippen molar-refractivity contribution >= 4 is 11.7 Å². The van der Waals surface area contributed by atoms with Crippen molar-refractivity contribution in [1.82, 2.24) is 9.78 Å². The molecule has 24 heavy (non-hydrogen) atoms. The molecular formula is C12H4F4N4O4. The molecule has 0 amide bonds. The number of nitriles is 1. The first kappa shape index (κ1) is 16.9. The number of nitrogens with zero attached hydrogens (tertiary/aromatic N) is 4. The van der Waals surface area contributed by atoms with E-state index in [1.165, 1.54) is 6.07 Å². The van der Waals surface area contributed by atoms with E-state index in [2.05, 4.69) is 5.10 Å². The van der Waals surface area contributed by atoms with Crippen LogP contribution in [-0.2, 0) is 6.18 Å². The predicted molar refractivity (Wildman–Crippen MR) is 66.9 cm³/mol. The summed E-state index contributed by atoms with van der Waals surface area (Å²) in [4.78, 5) is 20.6. The van der Waals surface area contributed by atoms with Crippen molar-refractivity contribution < 1.29 is 32.4 Å². The van der Waals surface area contributed by atoms with Gasteiger partial charge in [-0.25, -0.2) is 13.9 Å². The van der Waals surface area contributed by atoms with E-state index in [0.717, 1.165) is 12.1 Å². The molecule has 12 heteroatoms. The van der Waals surface area contributed by atoms with Gasteiger partial charge < -0.3 is 5.11 Å². The average Bonchev–Trinajstić information content (AvgIpc) is 2.88. The third-order valence-electron chi connectivity index (χ3n) is 2.83. The van der Waals surface area contributed by atoms with Gasteiger partial charge in [0.15, 0.2) is 0 Å². The van der Waals surface area contributed by atoms with Crippen LogP contribution in [0.25, 0.3) is 5.69 Å². The molecule has 0 spiro atoms. The topological polar surface area (TPSA) is 122 Å². The average molecular weight is 344 g/mol. The van der Waals surface area contributed by atoms with Gasteiger partial charge in [0.05, 0.1) is 16.2 Å². The Morgan fingerprint density at radius 3 is 2.50 bits per heavy atom. The van der Waals surface area contributed by atoms with Crippen molar-refractivity contribution in [2.45, 2.75) is 6.18 Å². The summed E-state index contributed by atoms with van der Waals surface area (Å²) in [5, 5.41) is 31.6. The standard InChI is InChI=1S/C12H4F4N4O4/c13-7-2-1-6(3-5(7)4-17)19-9(11(21)22)8(20(23)24)10(18-19)12(14,15)16/h1-3H,(H,21,22). The van der Waals surface area contributed by atoms with Crippen LogP contribution in [0.1, 0.15) is 21.7 Å². The predicted octanol–water partition coefficient (Wildman–Crippen LogP) is 2.51. The number of carboxylic acids is 1. The van der Waals surface area contributed by atoms with Crippen LogP contribution in [0.3, 0.4) is 0 Å². The summed E-state index contributed by atoms with van der Waals surface area (Å²) in [5.41, 5.74) is -6.20. The highest BCUT2D eigenvalue weighted by molar-refractivity contribution is 5.92. The Bertz CT molecular complexity index is 898. The van der Waals surface area contributed by atoms with Gasteiger partial charge >= 0.3 is 17.8 Å². The number of aromatic nitrogens is 2. The first-order valence-corrected chi connectivity index (χ1v) is 5.85. The van der Waals surface area contributed by atoms with Crippen molar-refractivity contribution in [1.29, 1.82) is 5.26 Å². The van der Waals surface area contributed by atoms with Crippen molar-refractivity contribution in [3.05, 3.63) is 51.1 Å². The lowest BCUT2D eigenvalue weighted by Gasteiger charge is -2.04. The maximum atomic E-state index is 13.3. The molecule has 0 aliphatic rings. The summed E-state index contributed by atoms with van der Waals surface area (Å²) < 4.78 is 52.1. The van der Waals surface area contributed by atoms with Gasteiger partial charge in [-0.3, -0.25) is 10.1 Å². The molecule has 1 N–H and O–H groups in total. The molecular weight excluding hydrogens is 340 g/mol. The van der Waals surface area contributed by atoms with E-state index in [-0.39, 0.29) is 4.68 Å². The van der Waals surface area contributed by atoms with Gasteiger partial charge in [0.2, 0.25) is 11.4 Å². The number of nitro groups is 1. The smallest absolute Gasteiger partial charge is 0.442 e. The normalized spacial score (nSPS) is 11.1. The Morgan fingerprint density at radius 1 is 1.42 bits per heavy atom. The number of rotatable bonds is 3. The van der Waals surface area contributed by atoms with Crippen LogP contribution in [0.4, 0.5) is 23.2 Å². The molecule has 1 aromatic carbocycles. The molecule has 2 aromatic rings. The second-order valence-corrected chi connectivity index (χ2v) is 4.29. The molecule has 1 heterocycles. The molecule has 2 rings (SSSR count). The van der Waals surface area contributed by atoms with Crippen LogP contribution in [0, 0.1) is 27.3 Å². The lowest BCUT2D eigenvalue weighted by molar-refractivity contribution is -0.388. The number of benzene rings is 1. The second-order valence-electron chi connectivity index (χ2n) is 4.29. The fraction of sp³-hybridized carbons (Fsp3) is 0.0833. The van der Waals surface area contributed by atoms with Gasteiger partial charge in [0, 0.05) is 0 Å². The first-order chi connectivity index (χ1) is 11.1. The summed E-state index contributed by atoms with van der Waals surface area (Å²) >= 11 is 0. The van der Waals surface area contributed by atoms with Gasteiger partial charge in [-0.1, -0.05) is 0 Å². The third-order valence-corrected chi connectivity index (χ3v) is 2.83. The summed E-state index contributed by atoms with van der Waals surface area (Å²) in [6.45, 7) is 0. The summed E-state index contributed by atoms with van der Waals surface area (Å²) in [6.07, 6.45) is -5.30. The number of carboxylic acid groups (broad SMARTS) is 1. The van der Waals surface area contributed by atoms with Crippen LogP contribution in [0.15, 0.2) is 18.2 Å². The number of alkyl halides is 3. The number of carbonyl (C=O) groups is 1. The minimum atomic E-state index is -5.30. The molecule has 1 aromatic heterocycles. The molecule has 0 saturated carbocycles. The van der Waals surface area contributed by atoms with Gasteiger partial charge in [-0.15, -0.1) is 0 Å². The van der Waals surface area contributed by atoms with E-state index in [1.807, 2.05) is 0 Å². The number of hydrogen-bond acceptors (Lipinski definition) is 5. The fourth-order valence-electron chi connectivity index (χ4n) is 1.88. The minimum absolute atomic E-state index is 0.129. The molecule has 0 atom stereocenters. The Labute approximate surface area is 129 Å². The van der Waals surface area contributed by atoms with Crippen molar-refractivity contribution in [3.8, 4) is 11.8 Å². The zero-order valence-electron chi connectivity index (χ0n) is 11.2. The lowest BCUT2D eigenvalue weighted by atomic mass is 10.2. The highest BCUT2D eigenvalue weighted by Crippen LogP contribution is 2.38. The molecule has 0 fully saturated rings. The van der Waals surface area contributed by atoms with E-state index < -0.39 is 51.2 Å². The summed E-state index contributed by atoms with van der Waals surface area (Å²) in [5.74, 6) is -3.05. The van der Waals surface area contributed by atoms with Gasteiger partial charge in [-0.2, -0.15) is 23.5 Å². The zero-order chi connectivity index (χ0) is 18.2. The highest BCUT2D eigenvalue weighted by Gasteiger charge is 2.47. The van der Waals surface area contributed by atoms with Gasteiger partial charge in [-0.05, 0) is 18.2 Å². The molecule has 8 nitrogen and oxygen atoms in total. The molecule has 0 aliphatic heterocycles. The number of aromatic carboxylic acids is 1. The number of halogens is 4. The second kappa shape index (κ2) is 5.61. The maximum Gasteiger partial charge on any atom is 0.442 e. The van der Waals surface area contributed by atoms with Crippen molar-refractivity contribution in [3.63, 3.8) is 0 Å². The van der Waals surface area contributed by atoms with E-state index >= 15 is 0 Å². The monoisotopic (exact) mass is 344 g/mol. The van der Waals surface area contributed by atoms with Crippen LogP contribution in [-0.4, -0.2) is 25.8 Å². The van der Waals surface area contributed by atoms with Gasteiger partial charge in [0.1, 0.15) is 11.9 Å². The fourth-order valence-corrected chi connectivity index (χ4v) is 1.88. The largest absolute Gasteiger partial charge is 0.476 e. The minimum Gasteiger partial charge on any atom is -0.476 e. The lowest BCUT2D eigenvalue weighted by Crippen LogP contribution is -2.10. The Kier molecular flexibility index (Phi) is 3.95. The molecule has 0 aliphatic carbocycles. The zero-order valence-corrected chi connectivity index (χ0v) is 11.2. The summed E-state index contributed by atoms with van der Waals surface area (Å²) in [6, 6.07) is 3.66. The van der Waals surface area contributed by atoms with E-state index in [4.69, 9.17) is 10.4 Å². The Balaban J connectivity index is 2.87. The third kappa shape index (κ3) is 2.74. The van der Waals surface area contributed by atoms with Crippen molar-refractivity contribution in [2.24, 2.45) is 0 Å². The van der Waals surface area contributed by atoms with Crippen LogP contribution in [0.5, 0.6) is 0 Å². The Hall–Kier alpha value is -3.49. The molecule has 0 unspecified atom stereocenters. The Morgan fingerprint density at radius 2 is 2.04 bits per heavy atom. The SMILES string of the molecule is N#Cc1cc(-n2nc(C(F)(F)F)c([N+](=O)[O-])c2C(=O)O)ccc1F. The quantitative estimate of drug-likeness (QED) is 0.518.